The van der Waals surface area contributed by atoms with E-state index in [-0.39, 0.29) is 6.79 Å². The lowest BCUT2D eigenvalue weighted by Crippen LogP contribution is -2.05. The quantitative estimate of drug-likeness (QED) is 0.590. The summed E-state index contributed by atoms with van der Waals surface area (Å²) in [5.41, 5.74) is 0.569. The highest BCUT2D eigenvalue weighted by Gasteiger charge is 2.12. The summed E-state index contributed by atoms with van der Waals surface area (Å²) < 4.78 is 10.2. The molecule has 1 aromatic carbocycles. The van der Waals surface area contributed by atoms with Crippen molar-refractivity contribution in [3.05, 3.63) is 23.4 Å². The summed E-state index contributed by atoms with van der Waals surface area (Å²) >= 11 is 0. The molecule has 0 radical (unpaired) electrons. The summed E-state index contributed by atoms with van der Waals surface area (Å²) in [4.78, 5) is 0. The zero-order valence-corrected chi connectivity index (χ0v) is 6.61. The number of hydroxylamine groups is 1. The monoisotopic (exact) mass is 166 g/mol. The average molecular weight is 166 g/mol. The number of hydrogen-bond donors (Lipinski definition) is 0. The highest BCUT2D eigenvalue weighted by atomic mass is 16.7. The molecular formula is C8H8NO3-. The minimum absolute atomic E-state index is 0.237. The van der Waals surface area contributed by atoms with Crippen LogP contribution in [0.3, 0.4) is 0 Å². The van der Waals surface area contributed by atoms with Gasteiger partial charge in [-0.3, -0.25) is 0 Å². The van der Waals surface area contributed by atoms with Crippen molar-refractivity contribution >= 4 is 5.69 Å². The van der Waals surface area contributed by atoms with Gasteiger partial charge in [0.2, 0.25) is 6.79 Å². The van der Waals surface area contributed by atoms with Crippen LogP contribution >= 0.6 is 0 Å². The number of hydrogen-bond acceptors (Lipinski definition) is 4. The van der Waals surface area contributed by atoms with Gasteiger partial charge in [0.25, 0.3) is 0 Å². The Kier molecular flexibility index (Phi) is 1.55. The second-order valence-electron chi connectivity index (χ2n) is 2.54. The zero-order valence-electron chi connectivity index (χ0n) is 6.61. The van der Waals surface area contributed by atoms with E-state index in [0.717, 1.165) is 5.06 Å². The first-order valence-electron chi connectivity index (χ1n) is 3.58. The number of ether oxygens (including phenoxy) is 2. The van der Waals surface area contributed by atoms with Crippen LogP contribution in [0.1, 0.15) is 0 Å². The number of benzene rings is 1. The second-order valence-corrected chi connectivity index (χ2v) is 2.54. The number of fused-ring (bicyclic) bond motifs is 1. The molecule has 0 bridgehead atoms. The molecule has 1 heterocycles. The van der Waals surface area contributed by atoms with Gasteiger partial charge in [-0.25, -0.2) is 0 Å². The van der Waals surface area contributed by atoms with Crippen molar-refractivity contribution in [2.24, 2.45) is 0 Å². The molecule has 4 heteroatoms. The molecule has 0 aliphatic carbocycles. The van der Waals surface area contributed by atoms with E-state index >= 15 is 0 Å². The van der Waals surface area contributed by atoms with E-state index < -0.39 is 0 Å². The standard InChI is InChI=1S/C8H8NO3/c1-9(10)6-2-3-7-8(4-6)12-5-11-7/h2-4H,5H2,1H3/q-1. The van der Waals surface area contributed by atoms with Gasteiger partial charge in [0.1, 0.15) is 0 Å². The van der Waals surface area contributed by atoms with Gasteiger partial charge >= 0.3 is 0 Å². The minimum atomic E-state index is 0.237. The molecule has 0 amide bonds. The van der Waals surface area contributed by atoms with Gasteiger partial charge in [-0.1, -0.05) is 0 Å². The van der Waals surface area contributed by atoms with E-state index in [1.54, 1.807) is 18.2 Å². The molecule has 12 heavy (non-hydrogen) atoms. The van der Waals surface area contributed by atoms with Gasteiger partial charge in [-0.15, -0.1) is 0 Å². The molecule has 1 aliphatic rings. The van der Waals surface area contributed by atoms with E-state index in [1.807, 2.05) is 0 Å². The van der Waals surface area contributed by atoms with Crippen LogP contribution in [0.25, 0.3) is 0 Å². The third-order valence-corrected chi connectivity index (χ3v) is 1.72. The fraction of sp³-hybridized carbons (Fsp3) is 0.250. The number of rotatable bonds is 1. The molecule has 0 N–H and O–H groups in total. The summed E-state index contributed by atoms with van der Waals surface area (Å²) in [5.74, 6) is 1.33. The smallest absolute Gasteiger partial charge is 0.231 e. The molecule has 0 unspecified atom stereocenters. The molecule has 1 aromatic rings. The van der Waals surface area contributed by atoms with Crippen molar-refractivity contribution in [3.8, 4) is 11.5 Å². The van der Waals surface area contributed by atoms with Crippen LogP contribution in [0, 0.1) is 5.21 Å². The van der Waals surface area contributed by atoms with E-state index in [9.17, 15) is 5.21 Å². The van der Waals surface area contributed by atoms with Crippen LogP contribution in [0.2, 0.25) is 0 Å². The predicted octanol–water partition coefficient (Wildman–Crippen LogP) is 1.35. The van der Waals surface area contributed by atoms with Crippen molar-refractivity contribution in [1.29, 1.82) is 0 Å². The van der Waals surface area contributed by atoms with Crippen molar-refractivity contribution in [2.45, 2.75) is 0 Å². The number of anilines is 1. The molecule has 0 atom stereocenters. The Bertz CT molecular complexity index is 298. The summed E-state index contributed by atoms with van der Waals surface area (Å²) in [6.45, 7) is 0.237. The van der Waals surface area contributed by atoms with Crippen LogP contribution in [-0.2, 0) is 0 Å². The molecule has 0 fully saturated rings. The van der Waals surface area contributed by atoms with E-state index in [2.05, 4.69) is 0 Å². The van der Waals surface area contributed by atoms with Gasteiger partial charge in [-0.05, 0) is 19.2 Å². The average Bonchev–Trinajstić information content (AvgIpc) is 2.49. The molecule has 0 aromatic heterocycles. The summed E-state index contributed by atoms with van der Waals surface area (Å²) in [6.07, 6.45) is 0. The Morgan fingerprint density at radius 1 is 1.33 bits per heavy atom. The second kappa shape index (κ2) is 2.57. The lowest BCUT2D eigenvalue weighted by Gasteiger charge is -2.24. The molecule has 64 valence electrons. The van der Waals surface area contributed by atoms with Gasteiger partial charge in [-0.2, -0.15) is 0 Å². The van der Waals surface area contributed by atoms with Crippen molar-refractivity contribution in [1.82, 2.24) is 0 Å². The minimum Gasteiger partial charge on any atom is -0.758 e. The van der Waals surface area contributed by atoms with Crippen LogP contribution in [0.4, 0.5) is 5.69 Å². The maximum absolute atomic E-state index is 10.9. The first-order valence-corrected chi connectivity index (χ1v) is 3.58. The van der Waals surface area contributed by atoms with Crippen molar-refractivity contribution < 1.29 is 9.47 Å². The summed E-state index contributed by atoms with van der Waals surface area (Å²) in [5, 5.41) is 11.6. The first-order chi connectivity index (χ1) is 5.77. The Hall–Kier alpha value is -1.42. The zero-order chi connectivity index (χ0) is 8.55. The molecule has 4 nitrogen and oxygen atoms in total. The van der Waals surface area contributed by atoms with Crippen LogP contribution in [-0.4, -0.2) is 13.8 Å². The Morgan fingerprint density at radius 3 is 2.83 bits per heavy atom. The number of nitrogens with zero attached hydrogens (tertiary/aromatic N) is 1. The molecule has 0 spiro atoms. The third-order valence-electron chi connectivity index (χ3n) is 1.72. The highest BCUT2D eigenvalue weighted by molar-refractivity contribution is 5.57. The Morgan fingerprint density at radius 2 is 2.08 bits per heavy atom. The van der Waals surface area contributed by atoms with E-state index in [4.69, 9.17) is 9.47 Å². The molecular weight excluding hydrogens is 158 g/mol. The van der Waals surface area contributed by atoms with Gasteiger partial charge in [0.05, 0.1) is 0 Å². The first kappa shape index (κ1) is 7.24. The van der Waals surface area contributed by atoms with Gasteiger partial charge in [0, 0.05) is 11.8 Å². The van der Waals surface area contributed by atoms with Crippen molar-refractivity contribution in [3.63, 3.8) is 0 Å². The molecule has 2 rings (SSSR count). The maximum Gasteiger partial charge on any atom is 0.231 e. The van der Waals surface area contributed by atoms with E-state index in [1.165, 1.54) is 7.05 Å². The largest absolute Gasteiger partial charge is 0.758 e. The fourth-order valence-corrected chi connectivity index (χ4v) is 1.08. The summed E-state index contributed by atoms with van der Waals surface area (Å²) in [7, 11) is 1.44. The summed E-state index contributed by atoms with van der Waals surface area (Å²) in [6, 6.07) is 5.09. The molecule has 0 saturated heterocycles. The van der Waals surface area contributed by atoms with Crippen LogP contribution in [0.5, 0.6) is 11.5 Å². The lowest BCUT2D eigenvalue weighted by atomic mass is 10.3. The van der Waals surface area contributed by atoms with E-state index in [0.29, 0.717) is 17.2 Å². The van der Waals surface area contributed by atoms with Gasteiger partial charge in [0.15, 0.2) is 11.5 Å². The van der Waals surface area contributed by atoms with Crippen LogP contribution < -0.4 is 14.5 Å². The third kappa shape index (κ3) is 1.06. The van der Waals surface area contributed by atoms with Gasteiger partial charge < -0.3 is 19.7 Å². The normalized spacial score (nSPS) is 13.2. The predicted molar refractivity (Wildman–Crippen MR) is 44.3 cm³/mol. The SMILES string of the molecule is CN([O-])c1ccc2c(c1)OCO2. The Labute approximate surface area is 69.9 Å². The van der Waals surface area contributed by atoms with Crippen molar-refractivity contribution in [2.75, 3.05) is 18.9 Å². The fourth-order valence-electron chi connectivity index (χ4n) is 1.08. The lowest BCUT2D eigenvalue weighted by molar-refractivity contribution is 0.174. The Balaban J connectivity index is 2.39. The molecule has 0 saturated carbocycles. The molecule has 1 aliphatic heterocycles. The van der Waals surface area contributed by atoms with Crippen LogP contribution in [0.15, 0.2) is 18.2 Å². The highest BCUT2D eigenvalue weighted by Crippen LogP contribution is 2.34. The topological polar surface area (TPSA) is 44.8 Å². The maximum atomic E-state index is 10.9.